The number of anilines is 1. The van der Waals surface area contributed by atoms with Crippen LogP contribution < -0.4 is 10.8 Å². The molecule has 0 spiro atoms. The highest BCUT2D eigenvalue weighted by atomic mass is 16.5. The molecule has 0 saturated heterocycles. The molecule has 0 aliphatic rings. The highest BCUT2D eigenvalue weighted by molar-refractivity contribution is 5.93. The third-order valence-corrected chi connectivity index (χ3v) is 5.17. The fourth-order valence-electron chi connectivity index (χ4n) is 3.35. The molecule has 0 aromatic heterocycles. The molecule has 3 aromatic rings. The molecule has 0 fully saturated rings. The van der Waals surface area contributed by atoms with Crippen LogP contribution in [0.15, 0.2) is 60.7 Å². The normalized spacial score (nSPS) is 11.1. The monoisotopic (exact) mass is 407 g/mol. The molecule has 0 saturated carbocycles. The van der Waals surface area contributed by atoms with Crippen molar-refractivity contribution in [2.75, 3.05) is 25.1 Å². The van der Waals surface area contributed by atoms with E-state index in [9.17, 15) is 4.79 Å². The van der Waals surface area contributed by atoms with Gasteiger partial charge in [0.05, 0.1) is 6.61 Å². The Labute approximate surface area is 177 Å². The molecule has 6 nitrogen and oxygen atoms in total. The summed E-state index contributed by atoms with van der Waals surface area (Å²) in [6.45, 7) is 8.33. The van der Waals surface area contributed by atoms with Crippen molar-refractivity contribution in [3.63, 3.8) is 0 Å². The first-order valence-corrected chi connectivity index (χ1v) is 10.2. The molecule has 0 bridgehead atoms. The number of rotatable bonds is 10. The van der Waals surface area contributed by atoms with E-state index in [0.29, 0.717) is 18.9 Å². The van der Waals surface area contributed by atoms with Crippen molar-refractivity contribution < 1.29 is 14.7 Å². The third kappa shape index (κ3) is 5.79. The summed E-state index contributed by atoms with van der Waals surface area (Å²) < 4.78 is 5.74. The van der Waals surface area contributed by atoms with E-state index in [-0.39, 0.29) is 0 Å². The van der Waals surface area contributed by atoms with Crippen molar-refractivity contribution in [3.8, 4) is 0 Å². The lowest BCUT2D eigenvalue weighted by Gasteiger charge is -2.18. The fraction of sp³-hybridized carbons (Fsp3) is 0.292. The Hall–Kier alpha value is -2.93. The van der Waals surface area contributed by atoms with Crippen LogP contribution >= 0.6 is 0 Å². The van der Waals surface area contributed by atoms with Gasteiger partial charge in [-0.3, -0.25) is 14.9 Å². The molecule has 0 unspecified atom stereocenters. The summed E-state index contributed by atoms with van der Waals surface area (Å²) in [5, 5.41) is 14.2. The Morgan fingerprint density at radius 3 is 2.20 bits per heavy atom. The zero-order chi connectivity index (χ0) is 21.3. The Morgan fingerprint density at radius 1 is 0.933 bits per heavy atom. The zero-order valence-corrected chi connectivity index (χ0v) is 17.5. The predicted octanol–water partition coefficient (Wildman–Crippen LogP) is 4.39. The Kier molecular flexibility index (Phi) is 7.79. The number of carbonyl (C=O) groups is 1. The van der Waals surface area contributed by atoms with E-state index >= 15 is 0 Å². The Balaban J connectivity index is 1.51. The maximum absolute atomic E-state index is 11.3. The van der Waals surface area contributed by atoms with Gasteiger partial charge in [0.15, 0.2) is 0 Å². The molecular weight excluding hydrogens is 378 g/mol. The van der Waals surface area contributed by atoms with Gasteiger partial charge in [0.25, 0.3) is 5.91 Å². The molecule has 1 amide bonds. The number of hydroxylamine groups is 1. The first-order chi connectivity index (χ1) is 14.6. The largest absolute Gasteiger partial charge is 0.363 e. The number of fused-ring (bicyclic) bond motifs is 1. The summed E-state index contributed by atoms with van der Waals surface area (Å²) >= 11 is 0. The van der Waals surface area contributed by atoms with E-state index in [1.807, 2.05) is 0 Å². The Morgan fingerprint density at radius 2 is 1.57 bits per heavy atom. The number of amides is 1. The number of hydrogen-bond acceptors (Lipinski definition) is 5. The molecule has 6 heteroatoms. The van der Waals surface area contributed by atoms with Crippen LogP contribution in [0.2, 0.25) is 0 Å². The number of ether oxygens (including phenoxy) is 1. The van der Waals surface area contributed by atoms with Gasteiger partial charge in [-0.05, 0) is 71.4 Å². The molecule has 0 aliphatic carbocycles. The van der Waals surface area contributed by atoms with Crippen LogP contribution in [0.25, 0.3) is 10.8 Å². The number of benzene rings is 3. The second-order valence-corrected chi connectivity index (χ2v) is 7.17. The average molecular weight is 408 g/mol. The van der Waals surface area contributed by atoms with Crippen LogP contribution in [0.3, 0.4) is 0 Å². The van der Waals surface area contributed by atoms with Gasteiger partial charge in [-0.1, -0.05) is 38.1 Å². The van der Waals surface area contributed by atoms with Crippen LogP contribution in [-0.2, 0) is 17.9 Å². The van der Waals surface area contributed by atoms with Gasteiger partial charge in [0, 0.05) is 17.8 Å². The first kappa shape index (κ1) is 21.8. The van der Waals surface area contributed by atoms with Crippen LogP contribution in [0, 0.1) is 0 Å². The highest BCUT2D eigenvalue weighted by Gasteiger charge is 2.04. The summed E-state index contributed by atoms with van der Waals surface area (Å²) in [6.07, 6.45) is 0. The van der Waals surface area contributed by atoms with Gasteiger partial charge >= 0.3 is 0 Å². The van der Waals surface area contributed by atoms with Crippen molar-refractivity contribution in [2.45, 2.75) is 27.0 Å². The summed E-state index contributed by atoms with van der Waals surface area (Å²) in [6, 6.07) is 19.9. The minimum absolute atomic E-state index is 0.354. The summed E-state index contributed by atoms with van der Waals surface area (Å²) in [5.41, 5.74) is 5.30. The SMILES string of the molecule is CCN(CC)Cc1ccc2cc(COCNc3ccc(C(=O)NO)cc3)ccc2c1. The van der Waals surface area contributed by atoms with E-state index in [4.69, 9.17) is 9.94 Å². The topological polar surface area (TPSA) is 73.8 Å². The summed E-state index contributed by atoms with van der Waals surface area (Å²) in [7, 11) is 0. The van der Waals surface area contributed by atoms with Crippen molar-refractivity contribution in [2.24, 2.45) is 0 Å². The third-order valence-electron chi connectivity index (χ3n) is 5.17. The fourth-order valence-corrected chi connectivity index (χ4v) is 3.35. The first-order valence-electron chi connectivity index (χ1n) is 10.2. The van der Waals surface area contributed by atoms with Gasteiger partial charge in [0.1, 0.15) is 6.73 Å². The van der Waals surface area contributed by atoms with Crippen LogP contribution in [0.1, 0.15) is 35.3 Å². The maximum atomic E-state index is 11.3. The number of hydrogen-bond donors (Lipinski definition) is 3. The maximum Gasteiger partial charge on any atom is 0.274 e. The molecular formula is C24H29N3O3. The van der Waals surface area contributed by atoms with E-state index in [1.54, 1.807) is 29.7 Å². The zero-order valence-electron chi connectivity index (χ0n) is 17.5. The van der Waals surface area contributed by atoms with Gasteiger partial charge < -0.3 is 10.1 Å². The van der Waals surface area contributed by atoms with Crippen LogP contribution in [0.4, 0.5) is 5.69 Å². The summed E-state index contributed by atoms with van der Waals surface area (Å²) in [4.78, 5) is 13.7. The lowest BCUT2D eigenvalue weighted by molar-refractivity contribution is 0.0706. The van der Waals surface area contributed by atoms with Gasteiger partial charge in [-0.25, -0.2) is 5.48 Å². The molecule has 30 heavy (non-hydrogen) atoms. The second kappa shape index (κ2) is 10.7. The molecule has 0 heterocycles. The second-order valence-electron chi connectivity index (χ2n) is 7.17. The number of nitrogens with zero attached hydrogens (tertiary/aromatic N) is 1. The summed E-state index contributed by atoms with van der Waals surface area (Å²) in [5.74, 6) is -0.533. The van der Waals surface area contributed by atoms with E-state index < -0.39 is 5.91 Å². The van der Waals surface area contributed by atoms with Gasteiger partial charge in [-0.15, -0.1) is 0 Å². The standard InChI is InChI=1S/C24H29N3O3/c1-3-27(4-2)15-18-5-7-22-14-19(6-8-21(22)13-18)16-30-17-25-23-11-9-20(10-12-23)24(28)26-29/h5-14,25,29H,3-4,15-17H2,1-2H3,(H,26,28). The average Bonchev–Trinajstić information content (AvgIpc) is 2.80. The molecule has 158 valence electrons. The van der Waals surface area contributed by atoms with Gasteiger partial charge in [0.2, 0.25) is 0 Å². The van der Waals surface area contributed by atoms with E-state index in [0.717, 1.165) is 30.9 Å². The minimum atomic E-state index is -0.533. The number of carbonyl (C=O) groups excluding carboxylic acids is 1. The molecule has 0 atom stereocenters. The Bertz CT molecular complexity index is 969. The van der Waals surface area contributed by atoms with Crippen molar-refractivity contribution in [1.29, 1.82) is 0 Å². The molecule has 0 radical (unpaired) electrons. The molecule has 3 rings (SSSR count). The highest BCUT2D eigenvalue weighted by Crippen LogP contribution is 2.20. The predicted molar refractivity (Wildman–Crippen MR) is 120 cm³/mol. The lowest BCUT2D eigenvalue weighted by Crippen LogP contribution is -2.21. The molecule has 3 aromatic carbocycles. The minimum Gasteiger partial charge on any atom is -0.363 e. The lowest BCUT2D eigenvalue weighted by atomic mass is 10.0. The van der Waals surface area contributed by atoms with Crippen LogP contribution in [0.5, 0.6) is 0 Å². The molecule has 0 aliphatic heterocycles. The van der Waals surface area contributed by atoms with E-state index in [1.165, 1.54) is 16.3 Å². The number of nitrogens with one attached hydrogen (secondary N) is 2. The molecule has 3 N–H and O–H groups in total. The van der Waals surface area contributed by atoms with Crippen LogP contribution in [-0.4, -0.2) is 35.8 Å². The van der Waals surface area contributed by atoms with Crippen molar-refractivity contribution in [3.05, 3.63) is 77.4 Å². The smallest absolute Gasteiger partial charge is 0.274 e. The van der Waals surface area contributed by atoms with Crippen molar-refractivity contribution >= 4 is 22.4 Å². The van der Waals surface area contributed by atoms with Gasteiger partial charge in [-0.2, -0.15) is 0 Å². The quantitative estimate of drug-likeness (QED) is 0.201. The van der Waals surface area contributed by atoms with Crippen molar-refractivity contribution in [1.82, 2.24) is 10.4 Å². The van der Waals surface area contributed by atoms with E-state index in [2.05, 4.69) is 60.5 Å².